The molecule has 0 unspecified atom stereocenters. The average molecular weight is 594 g/mol. The number of rotatable bonds is 11. The first-order chi connectivity index (χ1) is 18.4. The fourth-order valence-electron chi connectivity index (χ4n) is 4.16. The summed E-state index contributed by atoms with van der Waals surface area (Å²) in [6.07, 6.45) is 1.83. The van der Waals surface area contributed by atoms with E-state index in [1.807, 2.05) is 47.8 Å². The van der Waals surface area contributed by atoms with Gasteiger partial charge in [0.1, 0.15) is 6.54 Å². The van der Waals surface area contributed by atoms with Gasteiger partial charge in [0, 0.05) is 42.3 Å². The Labute approximate surface area is 241 Å². The molecule has 0 bridgehead atoms. The Morgan fingerprint density at radius 2 is 1.97 bits per heavy atom. The molecule has 38 heavy (non-hydrogen) atoms. The zero-order valence-corrected chi connectivity index (χ0v) is 24.2. The van der Waals surface area contributed by atoms with Crippen molar-refractivity contribution in [3.63, 3.8) is 0 Å². The van der Waals surface area contributed by atoms with Gasteiger partial charge in [0.15, 0.2) is 4.34 Å². The van der Waals surface area contributed by atoms with Crippen LogP contribution in [0, 0.1) is 0 Å². The van der Waals surface area contributed by atoms with Gasteiger partial charge in [-0.05, 0) is 49.6 Å². The predicted octanol–water partition coefficient (Wildman–Crippen LogP) is 5.96. The van der Waals surface area contributed by atoms with E-state index in [-0.39, 0.29) is 24.5 Å². The number of thiazole rings is 1. The highest BCUT2D eigenvalue weighted by Crippen LogP contribution is 2.29. The van der Waals surface area contributed by atoms with Gasteiger partial charge in [-0.2, -0.15) is 0 Å². The highest BCUT2D eigenvalue weighted by molar-refractivity contribution is 8.01. The molecular weight excluding hydrogens is 563 g/mol. The number of ether oxygens (including phenoxy) is 1. The molecule has 7 nitrogen and oxygen atoms in total. The number of hydrogen-bond donors (Lipinski definition) is 2. The molecule has 0 aliphatic carbocycles. The highest BCUT2D eigenvalue weighted by Gasteiger charge is 2.21. The third kappa shape index (κ3) is 8.61. The molecule has 1 aliphatic rings. The normalized spacial score (nSPS) is 14.3. The smallest absolute Gasteiger partial charge is 0.325 e. The van der Waals surface area contributed by atoms with E-state index in [0.717, 1.165) is 59.3 Å². The topological polar surface area (TPSA) is 83.6 Å². The summed E-state index contributed by atoms with van der Waals surface area (Å²) in [5.74, 6) is 0.0645. The molecule has 202 valence electrons. The van der Waals surface area contributed by atoms with Crippen molar-refractivity contribution in [1.29, 1.82) is 0 Å². The Balaban J connectivity index is 1.19. The van der Waals surface area contributed by atoms with E-state index in [2.05, 4.69) is 20.5 Å². The number of halogens is 2. The average Bonchev–Trinajstić information content (AvgIpc) is 3.39. The standard InChI is InChI=1S/C27H30Cl2N4O3S2/c1-2-36-26(35)14-30-21-5-3-4-19(13-21)24-16-37-27(32-24)38-17-25(34)31-20-8-10-33(11-9-20)15-18-6-7-22(28)23(29)12-18/h3-7,12-13,16,20,30H,2,8-11,14-15,17H2,1H3,(H,31,34). The van der Waals surface area contributed by atoms with E-state index in [1.165, 1.54) is 23.1 Å². The number of anilines is 1. The van der Waals surface area contributed by atoms with Gasteiger partial charge < -0.3 is 15.4 Å². The van der Waals surface area contributed by atoms with Crippen molar-refractivity contribution in [1.82, 2.24) is 15.2 Å². The Morgan fingerprint density at radius 3 is 2.74 bits per heavy atom. The second kappa shape index (κ2) is 14.2. The highest BCUT2D eigenvalue weighted by atomic mass is 35.5. The Morgan fingerprint density at radius 1 is 1.16 bits per heavy atom. The minimum atomic E-state index is -0.294. The molecule has 1 aliphatic heterocycles. The summed E-state index contributed by atoms with van der Waals surface area (Å²) in [5, 5.41) is 9.37. The van der Waals surface area contributed by atoms with Gasteiger partial charge in [-0.1, -0.05) is 53.2 Å². The number of esters is 1. The Bertz CT molecular complexity index is 1250. The van der Waals surface area contributed by atoms with Crippen molar-refractivity contribution in [2.45, 2.75) is 36.7 Å². The van der Waals surface area contributed by atoms with Gasteiger partial charge in [0.2, 0.25) is 5.91 Å². The lowest BCUT2D eigenvalue weighted by molar-refractivity contribution is -0.140. The summed E-state index contributed by atoms with van der Waals surface area (Å²) in [6.45, 7) is 4.91. The van der Waals surface area contributed by atoms with Gasteiger partial charge >= 0.3 is 5.97 Å². The second-order valence-corrected chi connectivity index (χ2v) is 11.8. The maximum atomic E-state index is 12.6. The number of amides is 1. The first-order valence-electron chi connectivity index (χ1n) is 12.4. The molecule has 0 atom stereocenters. The van der Waals surface area contributed by atoms with Gasteiger partial charge in [0.05, 0.1) is 28.1 Å². The van der Waals surface area contributed by atoms with Crippen molar-refractivity contribution in [2.75, 3.05) is 37.3 Å². The van der Waals surface area contributed by atoms with E-state index in [4.69, 9.17) is 27.9 Å². The lowest BCUT2D eigenvalue weighted by Crippen LogP contribution is -2.44. The van der Waals surface area contributed by atoms with Crippen LogP contribution in [0.15, 0.2) is 52.2 Å². The summed E-state index contributed by atoms with van der Waals surface area (Å²) < 4.78 is 5.80. The van der Waals surface area contributed by atoms with Crippen LogP contribution < -0.4 is 10.6 Å². The molecule has 11 heteroatoms. The molecule has 3 aromatic rings. The molecule has 1 fully saturated rings. The number of nitrogens with zero attached hydrogens (tertiary/aromatic N) is 2. The van der Waals surface area contributed by atoms with Crippen molar-refractivity contribution in [3.05, 3.63) is 63.5 Å². The molecule has 1 aromatic heterocycles. The Hall–Kier alpha value is -2.30. The monoisotopic (exact) mass is 592 g/mol. The summed E-state index contributed by atoms with van der Waals surface area (Å²) >= 11 is 15.1. The third-order valence-electron chi connectivity index (χ3n) is 6.05. The summed E-state index contributed by atoms with van der Waals surface area (Å²) in [5.41, 5.74) is 3.74. The van der Waals surface area contributed by atoms with Crippen LogP contribution in [-0.2, 0) is 20.9 Å². The summed E-state index contributed by atoms with van der Waals surface area (Å²) in [4.78, 5) is 31.2. The van der Waals surface area contributed by atoms with Gasteiger partial charge in [-0.3, -0.25) is 14.5 Å². The molecular formula is C27H30Cl2N4O3S2. The van der Waals surface area contributed by atoms with Gasteiger partial charge in [-0.25, -0.2) is 4.98 Å². The number of carbonyl (C=O) groups is 2. The van der Waals surface area contributed by atoms with E-state index in [0.29, 0.717) is 22.4 Å². The van der Waals surface area contributed by atoms with Crippen LogP contribution in [0.1, 0.15) is 25.3 Å². The molecule has 1 saturated heterocycles. The molecule has 2 aromatic carbocycles. The maximum Gasteiger partial charge on any atom is 0.325 e. The number of nitrogens with one attached hydrogen (secondary N) is 2. The zero-order chi connectivity index (χ0) is 26.9. The molecule has 4 rings (SSSR count). The van der Waals surface area contributed by atoms with Gasteiger partial charge in [-0.15, -0.1) is 11.3 Å². The van der Waals surface area contributed by atoms with Crippen LogP contribution in [0.4, 0.5) is 5.69 Å². The number of likely N-dealkylation sites (tertiary alicyclic amines) is 1. The van der Waals surface area contributed by atoms with Crippen molar-refractivity contribution >= 4 is 63.9 Å². The maximum absolute atomic E-state index is 12.6. The fraction of sp³-hybridized carbons (Fsp3) is 0.370. The number of thioether (sulfide) groups is 1. The second-order valence-electron chi connectivity index (χ2n) is 8.89. The van der Waals surface area contributed by atoms with Crippen LogP contribution >= 0.6 is 46.3 Å². The minimum Gasteiger partial charge on any atom is -0.465 e. The summed E-state index contributed by atoms with van der Waals surface area (Å²) in [7, 11) is 0. The quantitative estimate of drug-likeness (QED) is 0.210. The van der Waals surface area contributed by atoms with Gasteiger partial charge in [0.25, 0.3) is 0 Å². The van der Waals surface area contributed by atoms with Crippen LogP contribution in [0.3, 0.4) is 0 Å². The van der Waals surface area contributed by atoms with E-state index in [1.54, 1.807) is 6.92 Å². The number of aromatic nitrogens is 1. The molecule has 0 saturated carbocycles. The SMILES string of the molecule is CCOC(=O)CNc1cccc(-c2csc(SCC(=O)NC3CCN(Cc4ccc(Cl)c(Cl)c4)CC3)n2)c1. The molecule has 0 spiro atoms. The molecule has 0 radical (unpaired) electrons. The molecule has 2 N–H and O–H groups in total. The van der Waals surface area contributed by atoms with Crippen molar-refractivity contribution in [2.24, 2.45) is 0 Å². The van der Waals surface area contributed by atoms with E-state index >= 15 is 0 Å². The summed E-state index contributed by atoms with van der Waals surface area (Å²) in [6, 6.07) is 13.7. The van der Waals surface area contributed by atoms with Crippen molar-refractivity contribution < 1.29 is 14.3 Å². The van der Waals surface area contributed by atoms with Crippen LogP contribution in [0.2, 0.25) is 10.0 Å². The van der Waals surface area contributed by atoms with Crippen LogP contribution in [0.25, 0.3) is 11.3 Å². The molecule has 2 heterocycles. The predicted molar refractivity (Wildman–Crippen MR) is 156 cm³/mol. The number of carbonyl (C=O) groups excluding carboxylic acids is 2. The lowest BCUT2D eigenvalue weighted by atomic mass is 10.0. The number of benzene rings is 2. The first kappa shape index (κ1) is 28.7. The fourth-order valence-corrected chi connectivity index (χ4v) is 6.13. The zero-order valence-electron chi connectivity index (χ0n) is 21.0. The van der Waals surface area contributed by atoms with E-state index in [9.17, 15) is 9.59 Å². The third-order valence-corrected chi connectivity index (χ3v) is 8.81. The van der Waals surface area contributed by atoms with Crippen molar-refractivity contribution in [3.8, 4) is 11.3 Å². The molecule has 1 amide bonds. The minimum absolute atomic E-state index is 0.0276. The lowest BCUT2D eigenvalue weighted by Gasteiger charge is -2.32. The first-order valence-corrected chi connectivity index (χ1v) is 15.1. The Kier molecular flexibility index (Phi) is 10.7. The number of piperidine rings is 1. The van der Waals surface area contributed by atoms with Crippen LogP contribution in [-0.4, -0.2) is 59.8 Å². The number of hydrogen-bond acceptors (Lipinski definition) is 8. The largest absolute Gasteiger partial charge is 0.465 e. The van der Waals surface area contributed by atoms with E-state index < -0.39 is 0 Å². The van der Waals surface area contributed by atoms with Crippen LogP contribution in [0.5, 0.6) is 0 Å².